The van der Waals surface area contributed by atoms with Crippen molar-refractivity contribution >= 4 is 0 Å². The fraction of sp³-hybridized carbons (Fsp3) is 0.263. The second-order valence-corrected chi connectivity index (χ2v) is 6.03. The van der Waals surface area contributed by atoms with Crippen molar-refractivity contribution in [3.05, 3.63) is 83.9 Å². The van der Waals surface area contributed by atoms with Crippen LogP contribution in [0, 0.1) is 5.41 Å². The number of benzene rings is 2. The molecule has 0 N–H and O–H groups in total. The lowest BCUT2D eigenvalue weighted by Crippen LogP contribution is -2.16. The highest BCUT2D eigenvalue weighted by atomic mass is 14.3. The summed E-state index contributed by atoms with van der Waals surface area (Å²) in [7, 11) is 0. The van der Waals surface area contributed by atoms with E-state index in [4.69, 9.17) is 0 Å². The van der Waals surface area contributed by atoms with Crippen molar-refractivity contribution in [3.8, 4) is 0 Å². The lowest BCUT2D eigenvalue weighted by atomic mass is 9.74. The first kappa shape index (κ1) is 13.6. The van der Waals surface area contributed by atoms with Crippen LogP contribution in [0.5, 0.6) is 0 Å². The van der Waals surface area contributed by atoms with Crippen LogP contribution >= 0.6 is 0 Å². The van der Waals surface area contributed by atoms with Crippen LogP contribution in [-0.4, -0.2) is 0 Å². The Morgan fingerprint density at radius 2 is 1.16 bits per heavy atom. The van der Waals surface area contributed by atoms with Gasteiger partial charge < -0.3 is 0 Å². The minimum atomic E-state index is 0.0936. The lowest BCUT2D eigenvalue weighted by molar-refractivity contribution is 0.479. The van der Waals surface area contributed by atoms with Crippen LogP contribution in [0.4, 0.5) is 0 Å². The molecule has 0 atom stereocenters. The van der Waals surface area contributed by atoms with E-state index in [0.29, 0.717) is 0 Å². The summed E-state index contributed by atoms with van der Waals surface area (Å²) in [4.78, 5) is 0. The summed E-state index contributed by atoms with van der Waals surface area (Å²) in [5.41, 5.74) is 3.98. The molecule has 0 aliphatic carbocycles. The number of hydrogen-bond donors (Lipinski definition) is 0. The lowest BCUT2D eigenvalue weighted by Gasteiger charge is -2.30. The standard InChI is InChI=1S/C19H22/c1-15(19(2,3)4)18(16-11-7-5-8-12-16)17-13-9-6-10-14-17/h5-14,18H,1H2,2-4H3. The molecular formula is C19H22. The van der Waals surface area contributed by atoms with E-state index in [2.05, 4.69) is 88.0 Å². The Kier molecular flexibility index (Phi) is 3.90. The zero-order chi connectivity index (χ0) is 13.9. The van der Waals surface area contributed by atoms with Gasteiger partial charge in [-0.1, -0.05) is 93.6 Å². The molecule has 2 aromatic carbocycles. The molecule has 0 aliphatic rings. The molecule has 0 saturated heterocycles. The molecule has 0 amide bonds. The van der Waals surface area contributed by atoms with Crippen molar-refractivity contribution < 1.29 is 0 Å². The maximum Gasteiger partial charge on any atom is 0.0301 e. The smallest absolute Gasteiger partial charge is 0.0301 e. The van der Waals surface area contributed by atoms with E-state index in [-0.39, 0.29) is 11.3 Å². The first-order valence-electron chi connectivity index (χ1n) is 6.79. The van der Waals surface area contributed by atoms with Crippen molar-refractivity contribution in [2.45, 2.75) is 26.7 Å². The first-order chi connectivity index (χ1) is 9.00. The summed E-state index contributed by atoms with van der Waals surface area (Å²) < 4.78 is 0. The van der Waals surface area contributed by atoms with Gasteiger partial charge in [0.25, 0.3) is 0 Å². The van der Waals surface area contributed by atoms with Crippen LogP contribution in [0.15, 0.2) is 72.8 Å². The van der Waals surface area contributed by atoms with E-state index in [9.17, 15) is 0 Å². The molecule has 19 heavy (non-hydrogen) atoms. The summed E-state index contributed by atoms with van der Waals surface area (Å²) in [6, 6.07) is 21.3. The van der Waals surface area contributed by atoms with Gasteiger partial charge in [-0.2, -0.15) is 0 Å². The quantitative estimate of drug-likeness (QED) is 0.638. The van der Waals surface area contributed by atoms with Gasteiger partial charge in [-0.05, 0) is 16.5 Å². The third-order valence-electron chi connectivity index (χ3n) is 3.58. The van der Waals surface area contributed by atoms with Crippen LogP contribution in [0.25, 0.3) is 0 Å². The monoisotopic (exact) mass is 250 g/mol. The van der Waals surface area contributed by atoms with Crippen molar-refractivity contribution in [1.82, 2.24) is 0 Å². The Bertz CT molecular complexity index is 490. The van der Waals surface area contributed by atoms with E-state index in [1.807, 2.05) is 0 Å². The molecule has 0 aromatic heterocycles. The summed E-state index contributed by atoms with van der Waals surface area (Å²) in [5, 5.41) is 0. The second-order valence-electron chi connectivity index (χ2n) is 6.03. The Morgan fingerprint density at radius 3 is 1.47 bits per heavy atom. The molecule has 0 heterocycles. The first-order valence-corrected chi connectivity index (χ1v) is 6.79. The predicted octanol–water partition coefficient (Wildman–Crippen LogP) is 5.42. The largest absolute Gasteiger partial charge is 0.0984 e. The van der Waals surface area contributed by atoms with Gasteiger partial charge in [-0.3, -0.25) is 0 Å². The van der Waals surface area contributed by atoms with Gasteiger partial charge >= 0.3 is 0 Å². The summed E-state index contributed by atoms with van der Waals surface area (Å²) in [6.07, 6.45) is 0. The van der Waals surface area contributed by atoms with Crippen LogP contribution < -0.4 is 0 Å². The predicted molar refractivity (Wildman–Crippen MR) is 83.3 cm³/mol. The van der Waals surface area contributed by atoms with Gasteiger partial charge in [-0.25, -0.2) is 0 Å². The van der Waals surface area contributed by atoms with Gasteiger partial charge in [0.05, 0.1) is 0 Å². The zero-order valence-corrected chi connectivity index (χ0v) is 12.1. The topological polar surface area (TPSA) is 0 Å². The Hall–Kier alpha value is -1.82. The fourth-order valence-corrected chi connectivity index (χ4v) is 2.32. The molecule has 0 nitrogen and oxygen atoms in total. The molecule has 0 spiro atoms. The SMILES string of the molecule is C=C(C(c1ccccc1)c1ccccc1)C(C)(C)C. The van der Waals surface area contributed by atoms with Gasteiger partial charge in [-0.15, -0.1) is 0 Å². The van der Waals surface area contributed by atoms with Crippen molar-refractivity contribution in [2.24, 2.45) is 5.41 Å². The Labute approximate surface area is 116 Å². The third kappa shape index (κ3) is 3.14. The zero-order valence-electron chi connectivity index (χ0n) is 12.1. The average Bonchev–Trinajstić information content (AvgIpc) is 2.40. The van der Waals surface area contributed by atoms with E-state index in [1.165, 1.54) is 16.7 Å². The summed E-state index contributed by atoms with van der Waals surface area (Å²) in [5.74, 6) is 0.266. The average molecular weight is 250 g/mol. The van der Waals surface area contributed by atoms with Gasteiger partial charge in [0.15, 0.2) is 0 Å². The number of rotatable bonds is 3. The van der Waals surface area contributed by atoms with Crippen LogP contribution in [0.1, 0.15) is 37.8 Å². The molecule has 0 saturated carbocycles. The molecular weight excluding hydrogens is 228 g/mol. The maximum absolute atomic E-state index is 4.38. The third-order valence-corrected chi connectivity index (χ3v) is 3.58. The molecule has 0 radical (unpaired) electrons. The van der Waals surface area contributed by atoms with Crippen LogP contribution in [0.2, 0.25) is 0 Å². The number of hydrogen-bond acceptors (Lipinski definition) is 0. The van der Waals surface area contributed by atoms with Crippen molar-refractivity contribution in [3.63, 3.8) is 0 Å². The highest BCUT2D eigenvalue weighted by Crippen LogP contribution is 2.40. The number of allylic oxidation sites excluding steroid dienone is 1. The molecule has 0 bridgehead atoms. The Morgan fingerprint density at radius 1 is 0.789 bits per heavy atom. The maximum atomic E-state index is 4.38. The van der Waals surface area contributed by atoms with Crippen molar-refractivity contribution in [2.75, 3.05) is 0 Å². The molecule has 0 fully saturated rings. The molecule has 2 rings (SSSR count). The van der Waals surface area contributed by atoms with Gasteiger partial charge in [0.1, 0.15) is 0 Å². The van der Waals surface area contributed by atoms with Crippen LogP contribution in [-0.2, 0) is 0 Å². The van der Waals surface area contributed by atoms with Gasteiger partial charge in [0, 0.05) is 5.92 Å². The van der Waals surface area contributed by atoms with E-state index < -0.39 is 0 Å². The fourth-order valence-electron chi connectivity index (χ4n) is 2.32. The van der Waals surface area contributed by atoms with Gasteiger partial charge in [0.2, 0.25) is 0 Å². The highest BCUT2D eigenvalue weighted by molar-refractivity contribution is 5.41. The van der Waals surface area contributed by atoms with Crippen molar-refractivity contribution in [1.29, 1.82) is 0 Å². The summed E-state index contributed by atoms with van der Waals surface area (Å²) >= 11 is 0. The highest BCUT2D eigenvalue weighted by Gasteiger charge is 2.25. The Balaban J connectivity index is 2.49. The molecule has 0 unspecified atom stereocenters. The van der Waals surface area contributed by atoms with E-state index >= 15 is 0 Å². The minimum absolute atomic E-state index is 0.0936. The van der Waals surface area contributed by atoms with E-state index in [0.717, 1.165) is 0 Å². The second kappa shape index (κ2) is 5.44. The van der Waals surface area contributed by atoms with E-state index in [1.54, 1.807) is 0 Å². The summed E-state index contributed by atoms with van der Waals surface area (Å²) in [6.45, 7) is 11.1. The molecule has 98 valence electrons. The normalized spacial score (nSPS) is 11.6. The molecule has 0 heteroatoms. The molecule has 2 aromatic rings. The minimum Gasteiger partial charge on any atom is -0.0984 e. The van der Waals surface area contributed by atoms with Crippen LogP contribution in [0.3, 0.4) is 0 Å². The molecule has 0 aliphatic heterocycles.